The molecule has 1 aromatic carbocycles. The van der Waals surface area contributed by atoms with Gasteiger partial charge in [0.05, 0.1) is 0 Å². The zero-order valence-corrected chi connectivity index (χ0v) is 9.68. The molecule has 0 atom stereocenters. The molecule has 0 saturated heterocycles. The van der Waals surface area contributed by atoms with Crippen molar-refractivity contribution in [1.82, 2.24) is 5.32 Å². The van der Waals surface area contributed by atoms with Gasteiger partial charge in [0.1, 0.15) is 0 Å². The number of nitrogens with one attached hydrogen (secondary N) is 1. The number of hydrogen-bond acceptors (Lipinski definition) is 4. The van der Waals surface area contributed by atoms with E-state index in [0.29, 0.717) is 0 Å². The largest absolute Gasteiger partial charge is 0.504 e. The molecule has 0 bridgehead atoms. The smallest absolute Gasteiger partial charge is 0.157 e. The molecule has 0 spiro atoms. The lowest BCUT2D eigenvalue weighted by Gasteiger charge is -2.05. The number of hydrogen-bond donors (Lipinski definition) is 3. The third kappa shape index (κ3) is 4.44. The van der Waals surface area contributed by atoms with Gasteiger partial charge in [-0.3, -0.25) is 0 Å². The lowest BCUT2D eigenvalue weighted by Crippen LogP contribution is -2.15. The van der Waals surface area contributed by atoms with Gasteiger partial charge in [0, 0.05) is 6.54 Å². The van der Waals surface area contributed by atoms with E-state index in [1.54, 1.807) is 12.1 Å². The van der Waals surface area contributed by atoms with Crippen molar-refractivity contribution in [2.75, 3.05) is 18.6 Å². The van der Waals surface area contributed by atoms with Gasteiger partial charge in [-0.1, -0.05) is 6.07 Å². The van der Waals surface area contributed by atoms with Crippen molar-refractivity contribution >= 4 is 11.8 Å². The zero-order chi connectivity index (χ0) is 11.1. The van der Waals surface area contributed by atoms with Crippen LogP contribution in [0.2, 0.25) is 0 Å². The summed E-state index contributed by atoms with van der Waals surface area (Å²) in [6.07, 6.45) is 3.24. The fraction of sp³-hybridized carbons (Fsp3) is 0.455. The Hall–Kier alpha value is -0.870. The highest BCUT2D eigenvalue weighted by atomic mass is 32.2. The quantitative estimate of drug-likeness (QED) is 0.513. The minimum Gasteiger partial charge on any atom is -0.504 e. The highest BCUT2D eigenvalue weighted by Crippen LogP contribution is 2.24. The molecular formula is C11H17NO2S. The third-order valence-corrected chi connectivity index (χ3v) is 2.77. The molecule has 0 aliphatic rings. The van der Waals surface area contributed by atoms with Crippen LogP contribution in [0.15, 0.2) is 18.2 Å². The molecule has 0 fully saturated rings. The van der Waals surface area contributed by atoms with E-state index in [-0.39, 0.29) is 11.5 Å². The molecule has 1 rings (SSSR count). The van der Waals surface area contributed by atoms with Crippen LogP contribution >= 0.6 is 11.8 Å². The Bertz CT molecular complexity index is 305. The van der Waals surface area contributed by atoms with Gasteiger partial charge in [-0.25, -0.2) is 0 Å². The maximum absolute atomic E-state index is 9.26. The van der Waals surface area contributed by atoms with Gasteiger partial charge in [-0.15, -0.1) is 0 Å². The second-order valence-electron chi connectivity index (χ2n) is 3.35. The Kier molecular flexibility index (Phi) is 5.36. The Morgan fingerprint density at radius 1 is 1.27 bits per heavy atom. The van der Waals surface area contributed by atoms with Crippen LogP contribution in [0.1, 0.15) is 12.0 Å². The van der Waals surface area contributed by atoms with E-state index in [2.05, 4.69) is 11.6 Å². The first-order valence-corrected chi connectivity index (χ1v) is 6.34. The summed E-state index contributed by atoms with van der Waals surface area (Å²) in [6.45, 7) is 1.70. The van der Waals surface area contributed by atoms with Crippen molar-refractivity contribution in [3.63, 3.8) is 0 Å². The third-order valence-electron chi connectivity index (χ3n) is 2.07. The molecule has 0 unspecified atom stereocenters. The van der Waals surface area contributed by atoms with Gasteiger partial charge in [0.2, 0.25) is 0 Å². The van der Waals surface area contributed by atoms with Gasteiger partial charge in [-0.2, -0.15) is 11.8 Å². The molecule has 0 saturated carbocycles. The Labute approximate surface area is 94.5 Å². The van der Waals surface area contributed by atoms with Gasteiger partial charge in [0.15, 0.2) is 11.5 Å². The Morgan fingerprint density at radius 2 is 2.07 bits per heavy atom. The summed E-state index contributed by atoms with van der Waals surface area (Å²) < 4.78 is 0. The number of phenolic OH excluding ortho intramolecular Hbond substituents is 2. The van der Waals surface area contributed by atoms with E-state index in [0.717, 1.165) is 30.8 Å². The van der Waals surface area contributed by atoms with E-state index >= 15 is 0 Å². The molecule has 84 valence electrons. The van der Waals surface area contributed by atoms with Gasteiger partial charge in [-0.05, 0) is 42.7 Å². The van der Waals surface area contributed by atoms with E-state index in [9.17, 15) is 5.11 Å². The normalized spacial score (nSPS) is 10.5. The standard InChI is InChI=1S/C11H17NO2S/c1-15-6-2-5-12-8-9-3-4-10(13)11(14)7-9/h3-4,7,12-14H,2,5-6,8H2,1H3. The first-order chi connectivity index (χ1) is 7.24. The molecule has 0 aromatic heterocycles. The maximum Gasteiger partial charge on any atom is 0.157 e. The lowest BCUT2D eigenvalue weighted by atomic mass is 10.2. The summed E-state index contributed by atoms with van der Waals surface area (Å²) in [5, 5.41) is 21.6. The second-order valence-corrected chi connectivity index (χ2v) is 4.33. The minimum atomic E-state index is -0.0684. The highest BCUT2D eigenvalue weighted by Gasteiger charge is 1.99. The number of aromatic hydroxyl groups is 2. The van der Waals surface area contributed by atoms with Crippen molar-refractivity contribution in [2.45, 2.75) is 13.0 Å². The number of benzene rings is 1. The Balaban J connectivity index is 2.28. The molecule has 0 heterocycles. The topological polar surface area (TPSA) is 52.5 Å². The lowest BCUT2D eigenvalue weighted by molar-refractivity contribution is 0.403. The van der Waals surface area contributed by atoms with Gasteiger partial charge >= 0.3 is 0 Å². The van der Waals surface area contributed by atoms with Crippen LogP contribution in [0.5, 0.6) is 11.5 Å². The van der Waals surface area contributed by atoms with Gasteiger partial charge < -0.3 is 15.5 Å². The maximum atomic E-state index is 9.26. The predicted octanol–water partition coefficient (Wildman–Crippen LogP) is 1.94. The van der Waals surface area contributed by atoms with Crippen LogP contribution in [0, 0.1) is 0 Å². The molecule has 3 nitrogen and oxygen atoms in total. The summed E-state index contributed by atoms with van der Waals surface area (Å²) in [4.78, 5) is 0. The Morgan fingerprint density at radius 3 is 2.73 bits per heavy atom. The summed E-state index contributed by atoms with van der Waals surface area (Å²) in [5.41, 5.74) is 0.981. The summed E-state index contributed by atoms with van der Waals surface area (Å²) in [7, 11) is 0. The number of phenols is 2. The van der Waals surface area contributed by atoms with Crippen LogP contribution in [-0.4, -0.2) is 28.8 Å². The van der Waals surface area contributed by atoms with Crippen molar-refractivity contribution in [2.24, 2.45) is 0 Å². The average molecular weight is 227 g/mol. The van der Waals surface area contributed by atoms with E-state index in [1.165, 1.54) is 6.07 Å². The molecule has 3 N–H and O–H groups in total. The minimum absolute atomic E-state index is 0.0570. The van der Waals surface area contributed by atoms with Crippen molar-refractivity contribution < 1.29 is 10.2 Å². The second kappa shape index (κ2) is 6.58. The first kappa shape index (κ1) is 12.2. The van der Waals surface area contributed by atoms with E-state index < -0.39 is 0 Å². The molecule has 0 aliphatic carbocycles. The highest BCUT2D eigenvalue weighted by molar-refractivity contribution is 7.98. The van der Waals surface area contributed by atoms with Crippen LogP contribution in [-0.2, 0) is 6.54 Å². The molecule has 15 heavy (non-hydrogen) atoms. The fourth-order valence-electron chi connectivity index (χ4n) is 1.25. The molecule has 0 aliphatic heterocycles. The number of thioether (sulfide) groups is 1. The summed E-state index contributed by atoms with van der Waals surface area (Å²) in [6, 6.07) is 4.89. The summed E-state index contributed by atoms with van der Waals surface area (Å²) >= 11 is 1.84. The van der Waals surface area contributed by atoms with Crippen LogP contribution in [0.3, 0.4) is 0 Å². The van der Waals surface area contributed by atoms with Crippen molar-refractivity contribution in [3.05, 3.63) is 23.8 Å². The number of rotatable bonds is 6. The monoisotopic (exact) mass is 227 g/mol. The van der Waals surface area contributed by atoms with E-state index in [4.69, 9.17) is 5.11 Å². The van der Waals surface area contributed by atoms with Crippen LogP contribution in [0.25, 0.3) is 0 Å². The molecule has 4 heteroatoms. The van der Waals surface area contributed by atoms with Gasteiger partial charge in [0.25, 0.3) is 0 Å². The SMILES string of the molecule is CSCCCNCc1ccc(O)c(O)c1. The van der Waals surface area contributed by atoms with Crippen molar-refractivity contribution in [3.8, 4) is 11.5 Å². The van der Waals surface area contributed by atoms with Crippen LogP contribution in [0.4, 0.5) is 0 Å². The molecule has 0 amide bonds. The average Bonchev–Trinajstić information content (AvgIpc) is 2.23. The molecule has 0 radical (unpaired) electrons. The zero-order valence-electron chi connectivity index (χ0n) is 8.86. The fourth-order valence-corrected chi connectivity index (χ4v) is 1.69. The molecular weight excluding hydrogens is 210 g/mol. The predicted molar refractivity (Wildman–Crippen MR) is 64.5 cm³/mol. The van der Waals surface area contributed by atoms with E-state index in [1.807, 2.05) is 11.8 Å². The van der Waals surface area contributed by atoms with Crippen LogP contribution < -0.4 is 5.32 Å². The first-order valence-electron chi connectivity index (χ1n) is 4.94. The summed E-state index contributed by atoms with van der Waals surface area (Å²) in [5.74, 6) is 1.04. The van der Waals surface area contributed by atoms with Crippen molar-refractivity contribution in [1.29, 1.82) is 0 Å². The molecule has 1 aromatic rings.